The number of alkyl carbamates (subject to hydrolysis) is 3. The second-order valence-electron chi connectivity index (χ2n) is 10.7. The summed E-state index contributed by atoms with van der Waals surface area (Å²) in [6, 6.07) is 7.94. The molecule has 1 atom stereocenters. The van der Waals surface area contributed by atoms with E-state index >= 15 is 0 Å². The van der Waals surface area contributed by atoms with Gasteiger partial charge in [0, 0.05) is 13.1 Å². The summed E-state index contributed by atoms with van der Waals surface area (Å²) in [6.07, 6.45) is -1.81. The largest absolute Gasteiger partial charge is 0.467 e. The fraction of sp³-hybridized carbons (Fsp3) is 0.630. The van der Waals surface area contributed by atoms with Crippen molar-refractivity contribution in [3.8, 4) is 0 Å². The zero-order valence-corrected chi connectivity index (χ0v) is 24.0. The van der Waals surface area contributed by atoms with Crippen LogP contribution in [-0.2, 0) is 35.1 Å². The van der Waals surface area contributed by atoms with Gasteiger partial charge in [0.05, 0.1) is 19.8 Å². The fourth-order valence-electron chi connectivity index (χ4n) is 3.06. The molecule has 0 aliphatic heterocycles. The third-order valence-corrected chi connectivity index (χ3v) is 4.76. The van der Waals surface area contributed by atoms with Gasteiger partial charge in [-0.1, -0.05) is 30.3 Å². The molecule has 0 aromatic heterocycles. The van der Waals surface area contributed by atoms with Gasteiger partial charge in [-0.25, -0.2) is 19.2 Å². The van der Waals surface area contributed by atoms with Crippen LogP contribution < -0.4 is 16.0 Å². The van der Waals surface area contributed by atoms with E-state index in [2.05, 4.69) is 16.0 Å². The van der Waals surface area contributed by atoms with Gasteiger partial charge in [0.2, 0.25) is 0 Å². The van der Waals surface area contributed by atoms with Gasteiger partial charge in [-0.15, -0.1) is 0 Å². The molecule has 12 heteroatoms. The minimum absolute atomic E-state index is 0.0245. The molecule has 39 heavy (non-hydrogen) atoms. The molecular weight excluding hydrogens is 510 g/mol. The second-order valence-corrected chi connectivity index (χ2v) is 10.7. The molecule has 0 aliphatic rings. The lowest BCUT2D eigenvalue weighted by Gasteiger charge is -2.24. The zero-order chi connectivity index (χ0) is 29.5. The first-order chi connectivity index (χ1) is 18.2. The lowest BCUT2D eigenvalue weighted by molar-refractivity contribution is -0.145. The number of carbonyl (C=O) groups excluding carboxylic acids is 4. The number of methoxy groups -OCH3 is 1. The van der Waals surface area contributed by atoms with E-state index < -0.39 is 47.6 Å². The minimum atomic E-state index is -1.14. The normalized spacial score (nSPS) is 12.2. The first-order valence-electron chi connectivity index (χ1n) is 12.8. The van der Waals surface area contributed by atoms with Crippen LogP contribution in [0.15, 0.2) is 30.3 Å². The Hall–Kier alpha value is -3.54. The summed E-state index contributed by atoms with van der Waals surface area (Å²) in [7, 11) is 1.19. The summed E-state index contributed by atoms with van der Waals surface area (Å²) < 4.78 is 26.3. The first kappa shape index (κ1) is 33.5. The van der Waals surface area contributed by atoms with Gasteiger partial charge in [-0.3, -0.25) is 0 Å². The number of ether oxygens (including phenoxy) is 5. The molecule has 0 unspecified atom stereocenters. The predicted molar refractivity (Wildman–Crippen MR) is 143 cm³/mol. The number of rotatable bonds is 13. The van der Waals surface area contributed by atoms with Crippen molar-refractivity contribution in [3.63, 3.8) is 0 Å². The van der Waals surface area contributed by atoms with E-state index in [1.807, 2.05) is 18.2 Å². The maximum absolute atomic E-state index is 12.3. The summed E-state index contributed by atoms with van der Waals surface area (Å²) in [5.74, 6) is -0.718. The molecule has 0 heterocycles. The van der Waals surface area contributed by atoms with E-state index in [1.165, 1.54) is 7.11 Å². The van der Waals surface area contributed by atoms with Gasteiger partial charge in [-0.2, -0.15) is 0 Å². The molecule has 3 N–H and O–H groups in total. The van der Waals surface area contributed by atoms with Gasteiger partial charge in [0.25, 0.3) is 0 Å². The van der Waals surface area contributed by atoms with Gasteiger partial charge in [0.15, 0.2) is 6.04 Å². The summed E-state index contributed by atoms with van der Waals surface area (Å²) in [6.45, 7) is 10.8. The Labute approximate surface area is 230 Å². The van der Waals surface area contributed by atoms with Crippen molar-refractivity contribution >= 4 is 24.2 Å². The number of nitrogens with one attached hydrogen (secondary N) is 3. The van der Waals surface area contributed by atoms with Gasteiger partial charge in [0.1, 0.15) is 17.8 Å². The van der Waals surface area contributed by atoms with Crippen LogP contribution in [0.3, 0.4) is 0 Å². The summed E-state index contributed by atoms with van der Waals surface area (Å²) in [5.41, 5.74) is -0.508. The molecule has 3 amide bonds. The number of hydrogen-bond acceptors (Lipinski definition) is 9. The Balaban J connectivity index is 2.71. The van der Waals surface area contributed by atoms with E-state index in [4.69, 9.17) is 23.7 Å². The number of amides is 3. The van der Waals surface area contributed by atoms with Crippen LogP contribution in [0.2, 0.25) is 0 Å². The third kappa shape index (κ3) is 16.8. The monoisotopic (exact) mass is 553 g/mol. The number of carbonyl (C=O) groups is 4. The standard InChI is InChI=1S/C27H43N3O9/c1-26(2,3)38-23(32)28-15-13-20(14-16-29-24(33)39-27(4,5)6)36-18-21(22(31)35-7)30-25(34)37-17-19-11-9-8-10-12-19/h8-12,20-21H,13-18H2,1-7H3,(H,28,32)(H,29,33)(H,30,34)/t21-/m0/s1. The van der Waals surface area contributed by atoms with Gasteiger partial charge >= 0.3 is 24.2 Å². The van der Waals surface area contributed by atoms with E-state index in [9.17, 15) is 19.2 Å². The molecule has 1 aromatic rings. The van der Waals surface area contributed by atoms with Crippen LogP contribution in [0.5, 0.6) is 0 Å². The zero-order valence-electron chi connectivity index (χ0n) is 24.0. The molecule has 0 aliphatic carbocycles. The lowest BCUT2D eigenvalue weighted by Crippen LogP contribution is -2.46. The highest BCUT2D eigenvalue weighted by molar-refractivity contribution is 5.81. The molecule has 0 bridgehead atoms. The van der Waals surface area contributed by atoms with Crippen LogP contribution in [0, 0.1) is 0 Å². The van der Waals surface area contributed by atoms with Crippen LogP contribution in [0.1, 0.15) is 59.9 Å². The average Bonchev–Trinajstić information content (AvgIpc) is 2.82. The third-order valence-electron chi connectivity index (χ3n) is 4.76. The lowest BCUT2D eigenvalue weighted by atomic mass is 10.1. The first-order valence-corrected chi connectivity index (χ1v) is 12.8. The Morgan fingerprint density at radius 2 is 1.31 bits per heavy atom. The van der Waals surface area contributed by atoms with Crippen molar-refractivity contribution in [2.45, 2.75) is 84.3 Å². The maximum atomic E-state index is 12.3. The van der Waals surface area contributed by atoms with E-state index in [0.29, 0.717) is 12.8 Å². The Kier molecular flexibility index (Phi) is 14.1. The van der Waals surface area contributed by atoms with Crippen LogP contribution in [0.4, 0.5) is 14.4 Å². The van der Waals surface area contributed by atoms with Crippen molar-refractivity contribution < 1.29 is 42.9 Å². The van der Waals surface area contributed by atoms with E-state index in [0.717, 1.165) is 5.56 Å². The van der Waals surface area contributed by atoms with Crippen molar-refractivity contribution in [2.24, 2.45) is 0 Å². The van der Waals surface area contributed by atoms with Crippen molar-refractivity contribution in [1.82, 2.24) is 16.0 Å². The fourth-order valence-corrected chi connectivity index (χ4v) is 3.06. The van der Waals surface area contributed by atoms with E-state index in [-0.39, 0.29) is 26.3 Å². The van der Waals surface area contributed by atoms with Crippen LogP contribution in [0.25, 0.3) is 0 Å². The summed E-state index contributed by atoms with van der Waals surface area (Å²) in [5, 5.41) is 7.76. The molecule has 0 radical (unpaired) electrons. The second kappa shape index (κ2) is 16.4. The van der Waals surface area contributed by atoms with Crippen LogP contribution >= 0.6 is 0 Å². The highest BCUT2D eigenvalue weighted by Crippen LogP contribution is 2.10. The molecular formula is C27H43N3O9. The molecule has 1 rings (SSSR count). The smallest absolute Gasteiger partial charge is 0.408 e. The molecule has 220 valence electrons. The maximum Gasteiger partial charge on any atom is 0.408 e. The molecule has 1 aromatic carbocycles. The van der Waals surface area contributed by atoms with E-state index in [1.54, 1.807) is 53.7 Å². The van der Waals surface area contributed by atoms with Crippen molar-refractivity contribution in [3.05, 3.63) is 35.9 Å². The highest BCUT2D eigenvalue weighted by atomic mass is 16.6. The van der Waals surface area contributed by atoms with Gasteiger partial charge < -0.3 is 39.6 Å². The summed E-state index contributed by atoms with van der Waals surface area (Å²) >= 11 is 0. The van der Waals surface area contributed by atoms with Gasteiger partial charge in [-0.05, 0) is 59.9 Å². The van der Waals surface area contributed by atoms with Crippen molar-refractivity contribution in [2.75, 3.05) is 26.8 Å². The minimum Gasteiger partial charge on any atom is -0.467 e. The number of esters is 1. The predicted octanol–water partition coefficient (Wildman–Crippen LogP) is 3.67. The SMILES string of the molecule is COC(=O)[C@H](COC(CCNC(=O)OC(C)(C)C)CCNC(=O)OC(C)(C)C)NC(=O)OCc1ccccc1. The highest BCUT2D eigenvalue weighted by Gasteiger charge is 2.25. The molecule has 12 nitrogen and oxygen atoms in total. The molecule has 0 saturated heterocycles. The average molecular weight is 554 g/mol. The Morgan fingerprint density at radius 1 is 0.795 bits per heavy atom. The van der Waals surface area contributed by atoms with Crippen molar-refractivity contribution in [1.29, 1.82) is 0 Å². The molecule has 0 spiro atoms. The number of hydrogen-bond donors (Lipinski definition) is 3. The quantitative estimate of drug-likeness (QED) is 0.245. The van der Waals surface area contributed by atoms with Crippen LogP contribution in [-0.4, -0.2) is 74.4 Å². The molecule has 0 saturated carbocycles. The number of benzene rings is 1. The Morgan fingerprint density at radius 3 is 1.77 bits per heavy atom. The summed E-state index contributed by atoms with van der Waals surface area (Å²) in [4.78, 5) is 48.6. The molecule has 0 fully saturated rings. The topological polar surface area (TPSA) is 151 Å². The Bertz CT molecular complexity index is 877.